The monoisotopic (exact) mass is 284 g/mol. The average Bonchev–Trinajstić information content (AvgIpc) is 2.93. The molecule has 0 atom stereocenters. The molecule has 0 bridgehead atoms. The molecule has 2 rings (SSSR count). The topological polar surface area (TPSA) is 44.9 Å². The summed E-state index contributed by atoms with van der Waals surface area (Å²) in [5.74, 6) is 1.36. The largest absolute Gasteiger partial charge is 0.385 e. The van der Waals surface area contributed by atoms with Crippen LogP contribution in [0.2, 0.25) is 0 Å². The van der Waals surface area contributed by atoms with Crippen LogP contribution < -0.4 is 0 Å². The number of hydrogen-bond donors (Lipinski definition) is 0. The molecule has 0 saturated heterocycles. The molecule has 6 heteroatoms. The van der Waals surface area contributed by atoms with Crippen LogP contribution >= 0.6 is 11.6 Å². The van der Waals surface area contributed by atoms with Crippen LogP contribution in [0, 0.1) is 0 Å². The van der Waals surface area contributed by atoms with E-state index >= 15 is 0 Å². The molecule has 0 spiro atoms. The lowest BCUT2D eigenvalue weighted by molar-refractivity contribution is 0.191. The molecule has 0 saturated carbocycles. The number of methoxy groups -OCH3 is 1. The van der Waals surface area contributed by atoms with Crippen LogP contribution in [0.1, 0.15) is 31.3 Å². The van der Waals surface area contributed by atoms with Gasteiger partial charge in [0.05, 0.1) is 11.6 Å². The number of nitrogens with zero attached hydrogens (tertiary/aromatic N) is 4. The molecule has 0 radical (unpaired) electrons. The van der Waals surface area contributed by atoms with Crippen molar-refractivity contribution in [1.82, 2.24) is 19.3 Å². The smallest absolute Gasteiger partial charge is 0.158 e. The van der Waals surface area contributed by atoms with Gasteiger partial charge < -0.3 is 9.30 Å². The SMILES string of the molecule is CCc1nn(C)c2c1nc(CCl)n2CCCCOC. The average molecular weight is 285 g/mol. The molecule has 0 aliphatic carbocycles. The van der Waals surface area contributed by atoms with Gasteiger partial charge in [-0.3, -0.25) is 4.68 Å². The molecule has 5 nitrogen and oxygen atoms in total. The van der Waals surface area contributed by atoms with Crippen molar-refractivity contribution in [3.8, 4) is 0 Å². The van der Waals surface area contributed by atoms with Crippen LogP contribution in [-0.4, -0.2) is 33.0 Å². The molecule has 0 fully saturated rings. The summed E-state index contributed by atoms with van der Waals surface area (Å²) in [4.78, 5) is 4.64. The first-order valence-electron chi connectivity index (χ1n) is 6.68. The maximum atomic E-state index is 6.01. The molecule has 2 aromatic rings. The Bertz CT molecular complexity index is 546. The molecule has 0 amide bonds. The normalized spacial score (nSPS) is 11.6. The highest BCUT2D eigenvalue weighted by Crippen LogP contribution is 2.21. The number of halogens is 1. The van der Waals surface area contributed by atoms with Crippen molar-refractivity contribution in [3.05, 3.63) is 11.5 Å². The minimum atomic E-state index is 0.433. The third-order valence-electron chi connectivity index (χ3n) is 3.31. The fraction of sp³-hybridized carbons (Fsp3) is 0.692. The zero-order valence-corrected chi connectivity index (χ0v) is 12.6. The number of rotatable bonds is 7. The van der Waals surface area contributed by atoms with Gasteiger partial charge in [-0.05, 0) is 19.3 Å². The van der Waals surface area contributed by atoms with Gasteiger partial charge in [-0.15, -0.1) is 11.6 Å². The van der Waals surface area contributed by atoms with E-state index in [0.717, 1.165) is 55.1 Å². The van der Waals surface area contributed by atoms with Crippen LogP contribution in [0.25, 0.3) is 11.2 Å². The van der Waals surface area contributed by atoms with Crippen molar-refractivity contribution in [1.29, 1.82) is 0 Å². The molecule has 0 aliphatic heterocycles. The number of aromatic nitrogens is 4. The lowest BCUT2D eigenvalue weighted by atomic mass is 10.3. The predicted octanol–water partition coefficient (Wildman–Crippen LogP) is 2.50. The number of alkyl halides is 1. The van der Waals surface area contributed by atoms with E-state index in [1.807, 2.05) is 11.7 Å². The van der Waals surface area contributed by atoms with Crippen molar-refractivity contribution < 1.29 is 4.74 Å². The summed E-state index contributed by atoms with van der Waals surface area (Å²) in [7, 11) is 3.70. The lowest BCUT2D eigenvalue weighted by Crippen LogP contribution is -2.07. The van der Waals surface area contributed by atoms with E-state index in [1.54, 1.807) is 7.11 Å². The summed E-state index contributed by atoms with van der Waals surface area (Å²) in [5, 5.41) is 4.51. The lowest BCUT2D eigenvalue weighted by Gasteiger charge is -2.07. The molecule has 0 aliphatic rings. The third kappa shape index (κ3) is 2.77. The maximum absolute atomic E-state index is 6.01. The number of unbranched alkanes of at least 4 members (excludes halogenated alkanes) is 1. The highest BCUT2D eigenvalue weighted by molar-refractivity contribution is 6.16. The van der Waals surface area contributed by atoms with Gasteiger partial charge in [0.15, 0.2) is 5.65 Å². The van der Waals surface area contributed by atoms with E-state index in [0.29, 0.717) is 5.88 Å². The Morgan fingerprint density at radius 3 is 2.74 bits per heavy atom. The Morgan fingerprint density at radius 1 is 1.32 bits per heavy atom. The van der Waals surface area contributed by atoms with Crippen LogP contribution in [0.15, 0.2) is 0 Å². The predicted molar refractivity (Wildman–Crippen MR) is 76.5 cm³/mol. The second kappa shape index (κ2) is 6.39. The second-order valence-electron chi connectivity index (χ2n) is 4.61. The number of aryl methyl sites for hydroxylation is 3. The molecule has 0 unspecified atom stereocenters. The van der Waals surface area contributed by atoms with Crippen LogP contribution in [0.4, 0.5) is 0 Å². The maximum Gasteiger partial charge on any atom is 0.158 e. The molecule has 19 heavy (non-hydrogen) atoms. The fourth-order valence-corrected chi connectivity index (χ4v) is 2.58. The molecule has 2 heterocycles. The number of fused-ring (bicyclic) bond motifs is 1. The van der Waals surface area contributed by atoms with Crippen molar-refractivity contribution in [3.63, 3.8) is 0 Å². The standard InChI is InChI=1S/C13H21ClN4O/c1-4-10-12-13(17(2)16-10)18(11(9-14)15-12)7-5-6-8-19-3/h4-9H2,1-3H3. The highest BCUT2D eigenvalue weighted by atomic mass is 35.5. The van der Waals surface area contributed by atoms with Crippen LogP contribution in [-0.2, 0) is 30.6 Å². The van der Waals surface area contributed by atoms with Gasteiger partial charge in [0.2, 0.25) is 0 Å². The summed E-state index contributed by atoms with van der Waals surface area (Å²) in [6, 6.07) is 0. The van der Waals surface area contributed by atoms with E-state index in [9.17, 15) is 0 Å². The minimum absolute atomic E-state index is 0.433. The molecule has 2 aromatic heterocycles. The van der Waals surface area contributed by atoms with Gasteiger partial charge in [-0.25, -0.2) is 4.98 Å². The van der Waals surface area contributed by atoms with Crippen molar-refractivity contribution in [2.75, 3.05) is 13.7 Å². The quantitative estimate of drug-likeness (QED) is 0.580. The number of imidazole rings is 1. The van der Waals surface area contributed by atoms with Crippen molar-refractivity contribution in [2.24, 2.45) is 7.05 Å². The summed E-state index contributed by atoms with van der Waals surface area (Å²) < 4.78 is 9.18. The van der Waals surface area contributed by atoms with Crippen molar-refractivity contribution in [2.45, 2.75) is 38.6 Å². The first kappa shape index (κ1) is 14.3. The second-order valence-corrected chi connectivity index (χ2v) is 4.88. The number of ether oxygens (including phenoxy) is 1. The molecular formula is C13H21ClN4O. The van der Waals surface area contributed by atoms with E-state index in [2.05, 4.69) is 21.6 Å². The Morgan fingerprint density at radius 2 is 2.11 bits per heavy atom. The molecule has 0 aromatic carbocycles. The van der Waals surface area contributed by atoms with Gasteiger partial charge in [0.1, 0.15) is 11.3 Å². The molecular weight excluding hydrogens is 264 g/mol. The summed E-state index contributed by atoms with van der Waals surface area (Å²) in [5.41, 5.74) is 3.11. The first-order chi connectivity index (χ1) is 9.22. The van der Waals surface area contributed by atoms with Gasteiger partial charge in [-0.2, -0.15) is 5.10 Å². The van der Waals surface area contributed by atoms with Gasteiger partial charge in [-0.1, -0.05) is 6.92 Å². The molecule has 106 valence electrons. The van der Waals surface area contributed by atoms with Gasteiger partial charge in [0, 0.05) is 27.3 Å². The molecule has 0 N–H and O–H groups in total. The Balaban J connectivity index is 2.31. The van der Waals surface area contributed by atoms with Gasteiger partial charge >= 0.3 is 0 Å². The number of hydrogen-bond acceptors (Lipinski definition) is 3. The van der Waals surface area contributed by atoms with E-state index in [4.69, 9.17) is 16.3 Å². The van der Waals surface area contributed by atoms with Crippen LogP contribution in [0.3, 0.4) is 0 Å². The fourth-order valence-electron chi connectivity index (χ4n) is 2.38. The summed E-state index contributed by atoms with van der Waals surface area (Å²) >= 11 is 6.01. The highest BCUT2D eigenvalue weighted by Gasteiger charge is 2.17. The Labute approximate surface area is 118 Å². The Kier molecular flexibility index (Phi) is 4.82. The Hall–Kier alpha value is -1.07. The zero-order valence-electron chi connectivity index (χ0n) is 11.8. The zero-order chi connectivity index (χ0) is 13.8. The third-order valence-corrected chi connectivity index (χ3v) is 3.54. The minimum Gasteiger partial charge on any atom is -0.385 e. The summed E-state index contributed by atoms with van der Waals surface area (Å²) in [6.45, 7) is 3.80. The van der Waals surface area contributed by atoms with Crippen LogP contribution in [0.5, 0.6) is 0 Å². The first-order valence-corrected chi connectivity index (χ1v) is 7.22. The van der Waals surface area contributed by atoms with E-state index in [-0.39, 0.29) is 0 Å². The van der Waals surface area contributed by atoms with E-state index in [1.165, 1.54) is 0 Å². The van der Waals surface area contributed by atoms with E-state index < -0.39 is 0 Å². The summed E-state index contributed by atoms with van der Waals surface area (Å²) in [6.07, 6.45) is 2.98. The van der Waals surface area contributed by atoms with Gasteiger partial charge in [0.25, 0.3) is 0 Å². The van der Waals surface area contributed by atoms with Crippen molar-refractivity contribution >= 4 is 22.8 Å².